The second kappa shape index (κ2) is 5.96. The molecule has 0 aliphatic rings. The zero-order valence-electron chi connectivity index (χ0n) is 10.8. The summed E-state index contributed by atoms with van der Waals surface area (Å²) in [4.78, 5) is 12.1. The maximum Gasteiger partial charge on any atom is 0.166 e. The maximum absolute atomic E-state index is 12.1. The molecule has 0 amide bonds. The SMILES string of the molecule is COC(C(=O)Cc1ccc(I)cc1)C(C)(C)C. The summed E-state index contributed by atoms with van der Waals surface area (Å²) in [6, 6.07) is 8.02. The van der Waals surface area contributed by atoms with Gasteiger partial charge in [0.15, 0.2) is 5.78 Å². The molecule has 3 heteroatoms. The van der Waals surface area contributed by atoms with Crippen LogP contribution < -0.4 is 0 Å². The van der Waals surface area contributed by atoms with Crippen LogP contribution in [-0.4, -0.2) is 19.0 Å². The van der Waals surface area contributed by atoms with E-state index in [9.17, 15) is 4.79 Å². The number of Topliss-reactive ketones (excluding diaryl/α,β-unsaturated/α-hetero) is 1. The van der Waals surface area contributed by atoms with Crippen molar-refractivity contribution >= 4 is 28.4 Å². The van der Waals surface area contributed by atoms with Crippen molar-refractivity contribution < 1.29 is 9.53 Å². The molecule has 0 bridgehead atoms. The Hall–Kier alpha value is -0.420. The number of carbonyl (C=O) groups excluding carboxylic acids is 1. The van der Waals surface area contributed by atoms with Gasteiger partial charge in [-0.2, -0.15) is 0 Å². The summed E-state index contributed by atoms with van der Waals surface area (Å²) in [5, 5.41) is 0. The zero-order valence-corrected chi connectivity index (χ0v) is 12.9. The molecule has 1 aromatic carbocycles. The van der Waals surface area contributed by atoms with Crippen molar-refractivity contribution in [1.29, 1.82) is 0 Å². The van der Waals surface area contributed by atoms with Gasteiger partial charge in [-0.25, -0.2) is 0 Å². The molecule has 94 valence electrons. The number of ether oxygens (including phenoxy) is 1. The van der Waals surface area contributed by atoms with Gasteiger partial charge < -0.3 is 4.74 Å². The Kier molecular flexibility index (Phi) is 5.13. The molecule has 0 saturated heterocycles. The van der Waals surface area contributed by atoms with E-state index in [1.54, 1.807) is 7.11 Å². The highest BCUT2D eigenvalue weighted by molar-refractivity contribution is 14.1. The van der Waals surface area contributed by atoms with Crippen molar-refractivity contribution in [3.63, 3.8) is 0 Å². The van der Waals surface area contributed by atoms with Gasteiger partial charge in [-0.15, -0.1) is 0 Å². The number of rotatable bonds is 4. The van der Waals surface area contributed by atoms with Gasteiger partial charge in [0.1, 0.15) is 6.10 Å². The summed E-state index contributed by atoms with van der Waals surface area (Å²) in [7, 11) is 1.60. The van der Waals surface area contributed by atoms with Crippen LogP contribution in [0.25, 0.3) is 0 Å². The lowest BCUT2D eigenvalue weighted by atomic mass is 9.85. The molecule has 1 rings (SSSR count). The maximum atomic E-state index is 12.1. The number of hydrogen-bond acceptors (Lipinski definition) is 2. The highest BCUT2D eigenvalue weighted by Gasteiger charge is 2.30. The van der Waals surface area contributed by atoms with Crippen molar-refractivity contribution in [2.24, 2.45) is 5.41 Å². The smallest absolute Gasteiger partial charge is 0.166 e. The monoisotopic (exact) mass is 346 g/mol. The number of carbonyl (C=O) groups is 1. The fourth-order valence-corrected chi connectivity index (χ4v) is 2.22. The Bertz CT molecular complexity index is 376. The Balaban J connectivity index is 2.74. The Labute approximate surface area is 117 Å². The van der Waals surface area contributed by atoms with E-state index in [2.05, 4.69) is 22.6 Å². The van der Waals surface area contributed by atoms with E-state index in [0.29, 0.717) is 6.42 Å². The number of benzene rings is 1. The minimum atomic E-state index is -0.346. The van der Waals surface area contributed by atoms with Gasteiger partial charge in [0.25, 0.3) is 0 Å². The van der Waals surface area contributed by atoms with Crippen LogP contribution in [0.2, 0.25) is 0 Å². The number of ketones is 1. The zero-order chi connectivity index (χ0) is 13.1. The third kappa shape index (κ3) is 4.39. The topological polar surface area (TPSA) is 26.3 Å². The molecule has 0 N–H and O–H groups in total. The van der Waals surface area contributed by atoms with Gasteiger partial charge in [-0.1, -0.05) is 32.9 Å². The number of hydrogen-bond donors (Lipinski definition) is 0. The predicted octanol–water partition coefficient (Wildman–Crippen LogP) is 3.46. The van der Waals surface area contributed by atoms with Crippen molar-refractivity contribution in [2.45, 2.75) is 33.3 Å². The van der Waals surface area contributed by atoms with Crippen LogP contribution in [0.3, 0.4) is 0 Å². The lowest BCUT2D eigenvalue weighted by Crippen LogP contribution is -2.37. The molecule has 0 aromatic heterocycles. The molecule has 0 spiro atoms. The molecule has 1 atom stereocenters. The molecule has 2 nitrogen and oxygen atoms in total. The van der Waals surface area contributed by atoms with Gasteiger partial charge in [-0.05, 0) is 45.7 Å². The van der Waals surface area contributed by atoms with Crippen molar-refractivity contribution in [2.75, 3.05) is 7.11 Å². The lowest BCUT2D eigenvalue weighted by Gasteiger charge is -2.28. The third-order valence-electron chi connectivity index (χ3n) is 2.61. The molecular weight excluding hydrogens is 327 g/mol. The van der Waals surface area contributed by atoms with Crippen molar-refractivity contribution in [1.82, 2.24) is 0 Å². The summed E-state index contributed by atoms with van der Waals surface area (Å²) < 4.78 is 6.50. The molecule has 1 unspecified atom stereocenters. The van der Waals surface area contributed by atoms with Crippen molar-refractivity contribution in [3.05, 3.63) is 33.4 Å². The first-order chi connectivity index (χ1) is 7.84. The summed E-state index contributed by atoms with van der Waals surface area (Å²) >= 11 is 2.25. The van der Waals surface area contributed by atoms with Crippen LogP contribution in [0.1, 0.15) is 26.3 Å². The fraction of sp³-hybridized carbons (Fsp3) is 0.500. The summed E-state index contributed by atoms with van der Waals surface area (Å²) in [6.07, 6.45) is 0.0916. The van der Waals surface area contributed by atoms with Gasteiger partial charge in [0.05, 0.1) is 0 Å². The Morgan fingerprint density at radius 3 is 2.24 bits per heavy atom. The van der Waals surface area contributed by atoms with Crippen LogP contribution >= 0.6 is 22.6 Å². The van der Waals surface area contributed by atoms with Gasteiger partial charge in [0.2, 0.25) is 0 Å². The Morgan fingerprint density at radius 1 is 1.29 bits per heavy atom. The first kappa shape index (κ1) is 14.6. The van der Waals surface area contributed by atoms with Crippen LogP contribution in [0.15, 0.2) is 24.3 Å². The number of methoxy groups -OCH3 is 1. The summed E-state index contributed by atoms with van der Waals surface area (Å²) in [6.45, 7) is 6.06. The molecule has 0 fully saturated rings. The summed E-state index contributed by atoms with van der Waals surface area (Å²) in [5.74, 6) is 0.140. The van der Waals surface area contributed by atoms with E-state index < -0.39 is 0 Å². The second-order valence-electron chi connectivity index (χ2n) is 5.25. The molecule has 0 aliphatic carbocycles. The van der Waals surface area contributed by atoms with E-state index >= 15 is 0 Å². The molecule has 0 heterocycles. The molecule has 0 saturated carbocycles. The second-order valence-corrected chi connectivity index (χ2v) is 6.50. The van der Waals surface area contributed by atoms with E-state index in [-0.39, 0.29) is 17.3 Å². The van der Waals surface area contributed by atoms with E-state index in [4.69, 9.17) is 4.74 Å². The molecule has 0 aliphatic heterocycles. The number of halogens is 1. The first-order valence-electron chi connectivity index (χ1n) is 5.64. The average Bonchev–Trinajstić information content (AvgIpc) is 2.20. The van der Waals surface area contributed by atoms with Gasteiger partial charge in [0, 0.05) is 17.1 Å². The van der Waals surface area contributed by atoms with Crippen LogP contribution in [-0.2, 0) is 16.0 Å². The van der Waals surface area contributed by atoms with E-state index in [1.165, 1.54) is 3.57 Å². The van der Waals surface area contributed by atoms with Gasteiger partial charge in [-0.3, -0.25) is 4.79 Å². The first-order valence-corrected chi connectivity index (χ1v) is 6.72. The largest absolute Gasteiger partial charge is 0.373 e. The van der Waals surface area contributed by atoms with Gasteiger partial charge >= 0.3 is 0 Å². The van der Waals surface area contributed by atoms with E-state index in [1.807, 2.05) is 45.0 Å². The highest BCUT2D eigenvalue weighted by atomic mass is 127. The minimum absolute atomic E-state index is 0.140. The molecule has 0 radical (unpaired) electrons. The van der Waals surface area contributed by atoms with E-state index in [0.717, 1.165) is 5.56 Å². The minimum Gasteiger partial charge on any atom is -0.373 e. The quantitative estimate of drug-likeness (QED) is 0.781. The average molecular weight is 346 g/mol. The van der Waals surface area contributed by atoms with Crippen LogP contribution in [0.4, 0.5) is 0 Å². The summed E-state index contributed by atoms with van der Waals surface area (Å²) in [5.41, 5.74) is 0.886. The van der Waals surface area contributed by atoms with Crippen molar-refractivity contribution in [3.8, 4) is 0 Å². The van der Waals surface area contributed by atoms with Crippen LogP contribution in [0.5, 0.6) is 0 Å². The molecular formula is C14H19IO2. The standard InChI is InChI=1S/C14H19IO2/c1-14(2,3)13(17-4)12(16)9-10-5-7-11(15)8-6-10/h5-8,13H,9H2,1-4H3. The van der Waals surface area contributed by atoms with Crippen LogP contribution in [0, 0.1) is 8.99 Å². The Morgan fingerprint density at radius 2 is 1.82 bits per heavy atom. The highest BCUT2D eigenvalue weighted by Crippen LogP contribution is 2.23. The lowest BCUT2D eigenvalue weighted by molar-refractivity contribution is -0.134. The molecule has 17 heavy (non-hydrogen) atoms. The normalized spacial score (nSPS) is 13.5. The predicted molar refractivity (Wildman–Crippen MR) is 78.1 cm³/mol. The fourth-order valence-electron chi connectivity index (χ4n) is 1.86. The third-order valence-corrected chi connectivity index (χ3v) is 3.33. The molecule has 1 aromatic rings.